The van der Waals surface area contributed by atoms with Crippen molar-refractivity contribution in [3.05, 3.63) is 96.4 Å². The summed E-state index contributed by atoms with van der Waals surface area (Å²) in [7, 11) is 0. The van der Waals surface area contributed by atoms with Crippen molar-refractivity contribution < 1.29 is 19.4 Å². The molecule has 2 aliphatic heterocycles. The number of imidazole rings is 2. The smallest absolute Gasteiger partial charge is 0.156 e. The quantitative estimate of drug-likeness (QED) is 0.167. The van der Waals surface area contributed by atoms with Crippen molar-refractivity contribution in [2.45, 2.75) is 26.7 Å². The van der Waals surface area contributed by atoms with Crippen LogP contribution in [0.2, 0.25) is 0 Å². The van der Waals surface area contributed by atoms with Crippen LogP contribution in [-0.4, -0.2) is 110 Å². The number of aldehydes is 1. The van der Waals surface area contributed by atoms with E-state index in [1.165, 1.54) is 0 Å². The lowest BCUT2D eigenvalue weighted by Crippen LogP contribution is -2.36. The Balaban J connectivity index is 0.000000167. The maximum Gasteiger partial charge on any atom is 0.156 e. The standard InChI is InChI=1S/C20H23N5O2.C20H21N5O2/c2*1-14-18(3-7-26)24-20(23-14)19-11-15(2-4-22-19)16-10-17(13-21-12-16)25-5-8-27-9-6-25/h2,4,10-13,26H,3,5-9H2,1H3,(H,23,24);2,4,7,10-13H,3,5-6,8-9H2,1H3,(H,23,24). The number of carbonyl (C=O) groups is 1. The molecule has 8 rings (SSSR count). The predicted octanol–water partition coefficient (Wildman–Crippen LogP) is 4.63. The number of pyridine rings is 4. The van der Waals surface area contributed by atoms with Crippen LogP contribution in [0.5, 0.6) is 0 Å². The van der Waals surface area contributed by atoms with Gasteiger partial charge in [-0.1, -0.05) is 0 Å². The first kappa shape index (κ1) is 36.5. The summed E-state index contributed by atoms with van der Waals surface area (Å²) >= 11 is 0. The Morgan fingerprint density at radius 2 is 1.17 bits per heavy atom. The van der Waals surface area contributed by atoms with Crippen molar-refractivity contribution >= 4 is 17.7 Å². The number of rotatable bonds is 10. The van der Waals surface area contributed by atoms with Gasteiger partial charge in [0, 0.05) is 92.9 Å². The van der Waals surface area contributed by atoms with Gasteiger partial charge in [-0.05, 0) is 61.4 Å². The first-order valence-electron chi connectivity index (χ1n) is 18.1. The summed E-state index contributed by atoms with van der Waals surface area (Å²) in [6.45, 7) is 10.4. The normalized spacial score (nSPS) is 14.4. The molecule has 14 nitrogen and oxygen atoms in total. The third-order valence-corrected chi connectivity index (χ3v) is 9.47. The number of ether oxygens (including phenoxy) is 2. The molecule has 278 valence electrons. The fourth-order valence-corrected chi connectivity index (χ4v) is 6.50. The first-order valence-corrected chi connectivity index (χ1v) is 18.1. The van der Waals surface area contributed by atoms with Gasteiger partial charge in [-0.15, -0.1) is 0 Å². The number of H-pyrrole nitrogens is 2. The van der Waals surface area contributed by atoms with Gasteiger partial charge >= 0.3 is 0 Å². The van der Waals surface area contributed by atoms with Gasteiger partial charge in [-0.2, -0.15) is 0 Å². The monoisotopic (exact) mass is 728 g/mol. The molecule has 14 heteroatoms. The van der Waals surface area contributed by atoms with Crippen molar-refractivity contribution in [1.29, 1.82) is 0 Å². The van der Waals surface area contributed by atoms with Crippen molar-refractivity contribution in [1.82, 2.24) is 39.9 Å². The van der Waals surface area contributed by atoms with Crippen molar-refractivity contribution in [2.24, 2.45) is 0 Å². The van der Waals surface area contributed by atoms with Crippen molar-refractivity contribution in [3.63, 3.8) is 0 Å². The molecule has 0 amide bonds. The van der Waals surface area contributed by atoms with Gasteiger partial charge in [0.1, 0.15) is 17.7 Å². The van der Waals surface area contributed by atoms with Gasteiger partial charge in [-0.3, -0.25) is 19.9 Å². The van der Waals surface area contributed by atoms with E-state index in [0.29, 0.717) is 18.7 Å². The second kappa shape index (κ2) is 17.3. The summed E-state index contributed by atoms with van der Waals surface area (Å²) in [4.78, 5) is 48.7. The minimum atomic E-state index is 0.0819. The molecule has 6 aromatic rings. The molecule has 54 heavy (non-hydrogen) atoms. The van der Waals surface area contributed by atoms with Crippen molar-refractivity contribution in [2.75, 3.05) is 69.0 Å². The predicted molar refractivity (Wildman–Crippen MR) is 206 cm³/mol. The Morgan fingerprint density at radius 3 is 1.65 bits per heavy atom. The van der Waals surface area contributed by atoms with Gasteiger partial charge in [0.2, 0.25) is 0 Å². The molecule has 0 unspecified atom stereocenters. The highest BCUT2D eigenvalue weighted by atomic mass is 16.5. The summed E-state index contributed by atoms with van der Waals surface area (Å²) < 4.78 is 10.9. The number of aromatic amines is 2. The van der Waals surface area contributed by atoms with Gasteiger partial charge in [0.15, 0.2) is 11.6 Å². The summed E-state index contributed by atoms with van der Waals surface area (Å²) in [5.74, 6) is 1.39. The topological polar surface area (TPSA) is 171 Å². The van der Waals surface area contributed by atoms with E-state index in [9.17, 15) is 4.79 Å². The van der Waals surface area contributed by atoms with Gasteiger partial charge in [0.25, 0.3) is 0 Å². The third kappa shape index (κ3) is 8.68. The molecule has 0 radical (unpaired) electrons. The van der Waals surface area contributed by atoms with Crippen LogP contribution in [0.4, 0.5) is 11.4 Å². The SMILES string of the molecule is Cc1[nH]c(-c2cc(-c3cncc(N4CCOCC4)c3)ccn2)nc1CC=O.Cc1[nH]c(-c2cc(-c3cncc(N4CCOCC4)c3)ccn2)nc1CCO. The number of aryl methyl sites for hydroxylation is 2. The third-order valence-electron chi connectivity index (χ3n) is 9.47. The van der Waals surface area contributed by atoms with E-state index in [1.807, 2.05) is 62.9 Å². The second-order valence-corrected chi connectivity index (χ2v) is 13.1. The fraction of sp³-hybridized carbons (Fsp3) is 0.325. The molecular weight excluding hydrogens is 685 g/mol. The van der Waals surface area contributed by atoms with E-state index in [0.717, 1.165) is 133 Å². The number of aliphatic hydroxyl groups excluding tert-OH is 1. The summed E-state index contributed by atoms with van der Waals surface area (Å²) in [6.07, 6.45) is 12.8. The van der Waals surface area contributed by atoms with Crippen LogP contribution >= 0.6 is 0 Å². The van der Waals surface area contributed by atoms with Crippen LogP contribution in [0.25, 0.3) is 45.3 Å². The number of carbonyl (C=O) groups excluding carboxylic acids is 1. The maximum atomic E-state index is 10.8. The molecule has 0 aromatic carbocycles. The Labute approximate surface area is 313 Å². The Hall–Kier alpha value is -5.83. The molecule has 0 aliphatic carbocycles. The lowest BCUT2D eigenvalue weighted by Gasteiger charge is -2.28. The van der Waals surface area contributed by atoms with Crippen LogP contribution in [0.15, 0.2) is 73.6 Å². The average Bonchev–Trinajstić information content (AvgIpc) is 3.80. The molecule has 0 atom stereocenters. The average molecular weight is 729 g/mol. The van der Waals surface area contributed by atoms with E-state index >= 15 is 0 Å². The van der Waals surface area contributed by atoms with E-state index < -0.39 is 0 Å². The number of aromatic nitrogens is 8. The van der Waals surface area contributed by atoms with E-state index in [4.69, 9.17) is 14.6 Å². The van der Waals surface area contributed by atoms with Crippen molar-refractivity contribution in [3.8, 4) is 45.3 Å². The second-order valence-electron chi connectivity index (χ2n) is 13.1. The van der Waals surface area contributed by atoms with Crippen LogP contribution in [-0.2, 0) is 27.1 Å². The number of aliphatic hydroxyl groups is 1. The molecule has 0 saturated carbocycles. The highest BCUT2D eigenvalue weighted by molar-refractivity contribution is 5.72. The summed E-state index contributed by atoms with van der Waals surface area (Å²) in [6, 6.07) is 12.2. The van der Waals surface area contributed by atoms with E-state index in [1.54, 1.807) is 12.4 Å². The molecule has 2 aliphatic rings. The summed E-state index contributed by atoms with van der Waals surface area (Å²) in [5, 5.41) is 9.16. The minimum absolute atomic E-state index is 0.0819. The van der Waals surface area contributed by atoms with Crippen LogP contribution in [0.1, 0.15) is 22.8 Å². The highest BCUT2D eigenvalue weighted by Crippen LogP contribution is 2.28. The number of nitrogens with zero attached hydrogens (tertiary/aromatic N) is 8. The molecule has 6 aromatic heterocycles. The van der Waals surface area contributed by atoms with Crippen LogP contribution in [0.3, 0.4) is 0 Å². The lowest BCUT2D eigenvalue weighted by atomic mass is 10.1. The first-order chi connectivity index (χ1) is 26.5. The zero-order chi connectivity index (χ0) is 37.3. The molecule has 3 N–H and O–H groups in total. The highest BCUT2D eigenvalue weighted by Gasteiger charge is 2.16. The molecule has 2 fully saturated rings. The van der Waals surface area contributed by atoms with Gasteiger partial charge in [0.05, 0.1) is 61.6 Å². The zero-order valence-electron chi connectivity index (χ0n) is 30.5. The molecule has 0 spiro atoms. The van der Waals surface area contributed by atoms with E-state index in [2.05, 4.69) is 61.8 Å². The van der Waals surface area contributed by atoms with Crippen LogP contribution in [0, 0.1) is 13.8 Å². The van der Waals surface area contributed by atoms with E-state index in [-0.39, 0.29) is 6.61 Å². The Morgan fingerprint density at radius 1 is 0.685 bits per heavy atom. The molecule has 2 saturated heterocycles. The van der Waals surface area contributed by atoms with Gasteiger partial charge in [-0.25, -0.2) is 9.97 Å². The minimum Gasteiger partial charge on any atom is -0.396 e. The summed E-state index contributed by atoms with van der Waals surface area (Å²) in [5.41, 5.74) is 11.3. The van der Waals surface area contributed by atoms with Gasteiger partial charge < -0.3 is 39.1 Å². The molecule has 8 heterocycles. The molecule has 0 bridgehead atoms. The van der Waals surface area contributed by atoms with Crippen LogP contribution < -0.4 is 9.80 Å². The number of nitrogens with one attached hydrogen (secondary N) is 2. The zero-order valence-corrected chi connectivity index (χ0v) is 30.5. The maximum absolute atomic E-state index is 10.8. The molecular formula is C40H44N10O4. The Bertz CT molecular complexity index is 2170. The lowest BCUT2D eigenvalue weighted by molar-refractivity contribution is -0.107. The number of anilines is 2. The number of morpholine rings is 2. The number of hydrogen-bond acceptors (Lipinski definition) is 12. The fourth-order valence-electron chi connectivity index (χ4n) is 6.50. The Kier molecular flexibility index (Phi) is 11.7. The number of hydrogen-bond donors (Lipinski definition) is 3. The largest absolute Gasteiger partial charge is 0.396 e.